The van der Waals surface area contributed by atoms with Crippen LogP contribution in [0.4, 0.5) is 5.69 Å². The van der Waals surface area contributed by atoms with Crippen molar-refractivity contribution < 1.29 is 4.79 Å². The molecule has 0 atom stereocenters. The topological polar surface area (TPSA) is 74.8 Å². The van der Waals surface area contributed by atoms with Crippen molar-refractivity contribution in [3.8, 4) is 0 Å². The lowest BCUT2D eigenvalue weighted by Crippen LogP contribution is -2.16. The van der Waals surface area contributed by atoms with Gasteiger partial charge in [-0.05, 0) is 24.5 Å². The van der Waals surface area contributed by atoms with Gasteiger partial charge in [0, 0.05) is 16.8 Å². The first-order chi connectivity index (χ1) is 8.69. The van der Waals surface area contributed by atoms with Crippen molar-refractivity contribution in [2.75, 3.05) is 11.6 Å². The zero-order valence-corrected chi connectivity index (χ0v) is 10.5. The third-order valence-electron chi connectivity index (χ3n) is 2.23. The third kappa shape index (κ3) is 2.98. The van der Waals surface area contributed by atoms with Crippen LogP contribution in [0.15, 0.2) is 46.3 Å². The number of carbonyl (C=O) groups is 1. The molecular weight excluding hydrogens is 250 g/mol. The number of carbonyl (C=O) groups excluding carboxylic acids is 1. The normalized spacial score (nSPS) is 10.1. The molecule has 1 aromatic carbocycles. The summed E-state index contributed by atoms with van der Waals surface area (Å²) >= 11 is 1.59. The van der Waals surface area contributed by atoms with E-state index in [9.17, 15) is 9.59 Å². The van der Waals surface area contributed by atoms with Gasteiger partial charge in [0.25, 0.3) is 11.5 Å². The molecule has 0 saturated heterocycles. The molecule has 0 unspecified atom stereocenters. The summed E-state index contributed by atoms with van der Waals surface area (Å²) in [7, 11) is 0. The Labute approximate surface area is 108 Å². The van der Waals surface area contributed by atoms with Gasteiger partial charge in [0.1, 0.15) is 5.69 Å². The van der Waals surface area contributed by atoms with Gasteiger partial charge in [-0.3, -0.25) is 9.59 Å². The van der Waals surface area contributed by atoms with E-state index in [2.05, 4.69) is 15.3 Å². The van der Waals surface area contributed by atoms with E-state index in [-0.39, 0.29) is 17.2 Å². The maximum Gasteiger partial charge on any atom is 0.275 e. The average Bonchev–Trinajstić information content (AvgIpc) is 2.39. The molecule has 0 saturated carbocycles. The van der Waals surface area contributed by atoms with Crippen LogP contribution in [0.1, 0.15) is 10.5 Å². The lowest BCUT2D eigenvalue weighted by molar-refractivity contribution is 0.102. The Morgan fingerprint density at radius 1 is 1.44 bits per heavy atom. The van der Waals surface area contributed by atoms with E-state index in [1.165, 1.54) is 6.20 Å². The number of aromatic amines is 1. The molecule has 1 aromatic heterocycles. The largest absolute Gasteiger partial charge is 0.325 e. The summed E-state index contributed by atoms with van der Waals surface area (Å²) in [6.45, 7) is 0. The van der Waals surface area contributed by atoms with Crippen LogP contribution in [0.5, 0.6) is 0 Å². The van der Waals surface area contributed by atoms with Crippen molar-refractivity contribution in [3.63, 3.8) is 0 Å². The molecule has 6 heteroatoms. The quantitative estimate of drug-likeness (QED) is 0.825. The number of aromatic nitrogens is 2. The van der Waals surface area contributed by atoms with Crippen LogP contribution in [0.2, 0.25) is 0 Å². The Morgan fingerprint density at radius 3 is 2.94 bits per heavy atom. The Kier molecular flexibility index (Phi) is 3.78. The fourth-order valence-electron chi connectivity index (χ4n) is 1.36. The highest BCUT2D eigenvalue weighted by Crippen LogP contribution is 2.19. The highest BCUT2D eigenvalue weighted by atomic mass is 32.2. The molecule has 0 radical (unpaired) electrons. The second-order valence-corrected chi connectivity index (χ2v) is 4.36. The van der Waals surface area contributed by atoms with E-state index in [4.69, 9.17) is 0 Å². The van der Waals surface area contributed by atoms with E-state index in [1.54, 1.807) is 17.8 Å². The van der Waals surface area contributed by atoms with E-state index in [0.717, 1.165) is 11.1 Å². The molecule has 1 amide bonds. The number of thioether (sulfide) groups is 1. The van der Waals surface area contributed by atoms with Crippen LogP contribution in [0, 0.1) is 0 Å². The minimum absolute atomic E-state index is 0.171. The van der Waals surface area contributed by atoms with Gasteiger partial charge in [0.05, 0.1) is 6.20 Å². The molecule has 92 valence electrons. The Bertz CT molecular complexity index is 604. The zero-order chi connectivity index (χ0) is 13.0. The number of benzene rings is 1. The molecule has 0 aliphatic rings. The van der Waals surface area contributed by atoms with Gasteiger partial charge in [0.15, 0.2) is 0 Å². The lowest BCUT2D eigenvalue weighted by Gasteiger charge is -2.05. The number of H-pyrrole nitrogens is 1. The smallest absolute Gasteiger partial charge is 0.275 e. The van der Waals surface area contributed by atoms with Gasteiger partial charge in [-0.25, -0.2) is 4.98 Å². The van der Waals surface area contributed by atoms with E-state index in [1.807, 2.05) is 24.5 Å². The summed E-state index contributed by atoms with van der Waals surface area (Å²) in [5, 5.41) is 2.72. The highest BCUT2D eigenvalue weighted by Gasteiger charge is 2.07. The van der Waals surface area contributed by atoms with Crippen molar-refractivity contribution in [2.24, 2.45) is 0 Å². The standard InChI is InChI=1S/C12H11N3O2S/c1-18-9-4-2-3-8(5-9)15-12(17)10-6-14-11(16)7-13-10/h2-7H,1H3,(H,14,16)(H,15,17). The first-order valence-corrected chi connectivity index (χ1v) is 6.41. The number of amides is 1. The van der Waals surface area contributed by atoms with Crippen molar-refractivity contribution in [1.29, 1.82) is 0 Å². The van der Waals surface area contributed by atoms with Crippen LogP contribution < -0.4 is 10.9 Å². The van der Waals surface area contributed by atoms with E-state index >= 15 is 0 Å². The Morgan fingerprint density at radius 2 is 2.28 bits per heavy atom. The van der Waals surface area contributed by atoms with Gasteiger partial charge >= 0.3 is 0 Å². The van der Waals surface area contributed by atoms with E-state index < -0.39 is 0 Å². The Balaban J connectivity index is 2.15. The van der Waals surface area contributed by atoms with Crippen LogP contribution in [-0.2, 0) is 0 Å². The minimum Gasteiger partial charge on any atom is -0.325 e. The van der Waals surface area contributed by atoms with Crippen molar-refractivity contribution >= 4 is 23.4 Å². The molecular formula is C12H11N3O2S. The first-order valence-electron chi connectivity index (χ1n) is 5.19. The minimum atomic E-state index is -0.357. The molecule has 18 heavy (non-hydrogen) atoms. The fourth-order valence-corrected chi connectivity index (χ4v) is 1.82. The number of nitrogens with zero attached hydrogens (tertiary/aromatic N) is 1. The zero-order valence-electron chi connectivity index (χ0n) is 9.64. The van der Waals surface area contributed by atoms with Crippen molar-refractivity contribution in [3.05, 3.63) is 52.7 Å². The molecule has 5 nitrogen and oxygen atoms in total. The molecule has 0 spiro atoms. The average molecular weight is 261 g/mol. The predicted octanol–water partition coefficient (Wildman–Crippen LogP) is 1.74. The highest BCUT2D eigenvalue weighted by molar-refractivity contribution is 7.98. The Hall–Kier alpha value is -2.08. The maximum absolute atomic E-state index is 11.8. The van der Waals surface area contributed by atoms with Crippen LogP contribution in [0.25, 0.3) is 0 Å². The summed E-state index contributed by atoms with van der Waals surface area (Å²) in [6.07, 6.45) is 4.33. The van der Waals surface area contributed by atoms with Gasteiger partial charge in [-0.2, -0.15) is 0 Å². The van der Waals surface area contributed by atoms with E-state index in [0.29, 0.717) is 5.69 Å². The molecule has 0 fully saturated rings. The van der Waals surface area contributed by atoms with Gasteiger partial charge in [-0.15, -0.1) is 11.8 Å². The second-order valence-electron chi connectivity index (χ2n) is 3.48. The molecule has 1 heterocycles. The molecule has 0 aliphatic heterocycles. The number of hydrogen-bond acceptors (Lipinski definition) is 4. The summed E-state index contributed by atoms with van der Waals surface area (Å²) in [5.74, 6) is -0.357. The number of rotatable bonds is 3. The monoisotopic (exact) mass is 261 g/mol. The third-order valence-corrected chi connectivity index (χ3v) is 2.96. The molecule has 0 aliphatic carbocycles. The van der Waals surface area contributed by atoms with Crippen LogP contribution >= 0.6 is 11.8 Å². The predicted molar refractivity (Wildman–Crippen MR) is 71.0 cm³/mol. The van der Waals surface area contributed by atoms with Crippen LogP contribution in [0.3, 0.4) is 0 Å². The van der Waals surface area contributed by atoms with Gasteiger partial charge < -0.3 is 10.3 Å². The number of anilines is 1. The number of nitrogens with one attached hydrogen (secondary N) is 2. The SMILES string of the molecule is CSc1cccc(NC(=O)c2c[nH]c(=O)cn2)c1. The van der Waals surface area contributed by atoms with Gasteiger partial charge in [0.2, 0.25) is 0 Å². The van der Waals surface area contributed by atoms with Crippen molar-refractivity contribution in [1.82, 2.24) is 9.97 Å². The number of hydrogen-bond donors (Lipinski definition) is 2. The first kappa shape index (κ1) is 12.4. The summed E-state index contributed by atoms with van der Waals surface area (Å²) in [5.41, 5.74) is 0.528. The van der Waals surface area contributed by atoms with Crippen LogP contribution in [-0.4, -0.2) is 22.1 Å². The molecule has 0 bridgehead atoms. The maximum atomic E-state index is 11.8. The fraction of sp³-hybridized carbons (Fsp3) is 0.0833. The lowest BCUT2D eigenvalue weighted by atomic mass is 10.3. The van der Waals surface area contributed by atoms with Crippen molar-refractivity contribution in [2.45, 2.75) is 4.90 Å². The van der Waals surface area contributed by atoms with Gasteiger partial charge in [-0.1, -0.05) is 6.07 Å². The second kappa shape index (κ2) is 5.50. The summed E-state index contributed by atoms with van der Waals surface area (Å²) in [6, 6.07) is 7.48. The molecule has 2 N–H and O–H groups in total. The molecule has 2 rings (SSSR count). The summed E-state index contributed by atoms with van der Waals surface area (Å²) in [4.78, 5) is 29.9. The summed E-state index contributed by atoms with van der Waals surface area (Å²) < 4.78 is 0. The molecule has 2 aromatic rings.